The van der Waals surface area contributed by atoms with Crippen LogP contribution >= 0.6 is 11.3 Å². The molecule has 2 saturated heterocycles. The Morgan fingerprint density at radius 1 is 1.47 bits per heavy atom. The number of hydrogen-bond acceptors (Lipinski definition) is 3. The lowest BCUT2D eigenvalue weighted by Gasteiger charge is -2.39. The first kappa shape index (κ1) is 11.2. The van der Waals surface area contributed by atoms with Crippen molar-refractivity contribution in [2.24, 2.45) is 5.41 Å². The van der Waals surface area contributed by atoms with Gasteiger partial charge in [-0.15, -0.1) is 11.3 Å². The highest BCUT2D eigenvalue weighted by molar-refractivity contribution is 7.12. The molecule has 1 aromatic rings. The van der Waals surface area contributed by atoms with E-state index in [2.05, 4.69) is 10.2 Å². The van der Waals surface area contributed by atoms with E-state index in [1.165, 1.54) is 12.8 Å². The van der Waals surface area contributed by atoms with Crippen LogP contribution in [0.15, 0.2) is 17.5 Å². The van der Waals surface area contributed by atoms with Gasteiger partial charge in [-0.2, -0.15) is 0 Å². The zero-order valence-corrected chi connectivity index (χ0v) is 10.8. The molecule has 0 unspecified atom stereocenters. The molecule has 1 atom stereocenters. The fourth-order valence-corrected chi connectivity index (χ4v) is 3.77. The summed E-state index contributed by atoms with van der Waals surface area (Å²) in [4.78, 5) is 15.3. The molecule has 1 spiro atoms. The number of thiophene rings is 1. The summed E-state index contributed by atoms with van der Waals surface area (Å²) >= 11 is 1.55. The van der Waals surface area contributed by atoms with Crippen LogP contribution in [0.5, 0.6) is 0 Å². The Balaban J connectivity index is 1.73. The minimum atomic E-state index is 0.228. The van der Waals surface area contributed by atoms with Crippen LogP contribution in [-0.4, -0.2) is 37.0 Å². The van der Waals surface area contributed by atoms with Gasteiger partial charge in [-0.05, 0) is 37.3 Å². The van der Waals surface area contributed by atoms with Crippen LogP contribution < -0.4 is 5.32 Å². The van der Waals surface area contributed by atoms with Crippen LogP contribution in [0.4, 0.5) is 0 Å². The SMILES string of the molecule is O=C(c1cccs1)N1CCC[C@@]2(CCNC2)C1. The molecule has 3 nitrogen and oxygen atoms in total. The zero-order chi connectivity index (χ0) is 11.7. The number of hydrogen-bond donors (Lipinski definition) is 1. The average Bonchev–Trinajstić information content (AvgIpc) is 3.00. The standard InChI is InChI=1S/C13H18N2OS/c16-12(11-3-1-8-17-11)15-7-2-4-13(10-15)5-6-14-9-13/h1,3,8,14H,2,4-7,9-10H2/t13-/m0/s1. The smallest absolute Gasteiger partial charge is 0.263 e. The highest BCUT2D eigenvalue weighted by Crippen LogP contribution is 2.36. The predicted molar refractivity (Wildman–Crippen MR) is 69.4 cm³/mol. The van der Waals surface area contributed by atoms with Crippen LogP contribution in [0, 0.1) is 5.41 Å². The number of nitrogens with one attached hydrogen (secondary N) is 1. The van der Waals surface area contributed by atoms with Gasteiger partial charge in [-0.1, -0.05) is 6.07 Å². The van der Waals surface area contributed by atoms with Crippen molar-refractivity contribution in [3.05, 3.63) is 22.4 Å². The van der Waals surface area contributed by atoms with Gasteiger partial charge >= 0.3 is 0 Å². The molecular weight excluding hydrogens is 232 g/mol. The molecular formula is C13H18N2OS. The van der Waals surface area contributed by atoms with E-state index in [1.807, 2.05) is 17.5 Å². The predicted octanol–water partition coefficient (Wildman–Crippen LogP) is 1.96. The van der Waals surface area contributed by atoms with Gasteiger partial charge in [0.25, 0.3) is 5.91 Å². The summed E-state index contributed by atoms with van der Waals surface area (Å²) in [5, 5.41) is 5.42. The third-order valence-electron chi connectivity index (χ3n) is 4.01. The molecule has 2 fully saturated rings. The maximum Gasteiger partial charge on any atom is 0.263 e. The van der Waals surface area contributed by atoms with Gasteiger partial charge in [-0.3, -0.25) is 4.79 Å². The molecule has 4 heteroatoms. The number of likely N-dealkylation sites (tertiary alicyclic amines) is 1. The van der Waals surface area contributed by atoms with Crippen LogP contribution in [0.2, 0.25) is 0 Å². The molecule has 2 aliphatic rings. The van der Waals surface area contributed by atoms with Gasteiger partial charge in [0.2, 0.25) is 0 Å². The summed E-state index contributed by atoms with van der Waals surface area (Å²) in [6, 6.07) is 3.88. The van der Waals surface area contributed by atoms with Gasteiger partial charge in [-0.25, -0.2) is 0 Å². The molecule has 0 bridgehead atoms. The van der Waals surface area contributed by atoms with Gasteiger partial charge in [0.15, 0.2) is 0 Å². The summed E-state index contributed by atoms with van der Waals surface area (Å²) < 4.78 is 0. The third kappa shape index (κ3) is 2.11. The highest BCUT2D eigenvalue weighted by Gasteiger charge is 2.39. The topological polar surface area (TPSA) is 32.3 Å². The minimum absolute atomic E-state index is 0.228. The average molecular weight is 250 g/mol. The van der Waals surface area contributed by atoms with Crippen molar-refractivity contribution in [1.29, 1.82) is 0 Å². The summed E-state index contributed by atoms with van der Waals surface area (Å²) in [5.74, 6) is 0.228. The van der Waals surface area contributed by atoms with E-state index in [-0.39, 0.29) is 5.91 Å². The van der Waals surface area contributed by atoms with E-state index in [0.717, 1.165) is 37.5 Å². The minimum Gasteiger partial charge on any atom is -0.337 e. The molecule has 0 radical (unpaired) electrons. The molecule has 1 aromatic heterocycles. The zero-order valence-electron chi connectivity index (χ0n) is 9.95. The lowest BCUT2D eigenvalue weighted by atomic mass is 9.79. The Morgan fingerprint density at radius 3 is 3.12 bits per heavy atom. The second-order valence-electron chi connectivity index (χ2n) is 5.23. The molecule has 0 aliphatic carbocycles. The molecule has 2 aliphatic heterocycles. The number of amides is 1. The van der Waals surface area contributed by atoms with E-state index in [1.54, 1.807) is 11.3 Å². The molecule has 0 aromatic carbocycles. The van der Waals surface area contributed by atoms with Gasteiger partial charge in [0.05, 0.1) is 4.88 Å². The van der Waals surface area contributed by atoms with Crippen molar-refractivity contribution in [3.63, 3.8) is 0 Å². The van der Waals surface area contributed by atoms with Gasteiger partial charge in [0.1, 0.15) is 0 Å². The molecule has 17 heavy (non-hydrogen) atoms. The monoisotopic (exact) mass is 250 g/mol. The van der Waals surface area contributed by atoms with E-state index >= 15 is 0 Å². The maximum absolute atomic E-state index is 12.3. The summed E-state index contributed by atoms with van der Waals surface area (Å²) in [7, 11) is 0. The number of piperidine rings is 1. The fraction of sp³-hybridized carbons (Fsp3) is 0.615. The maximum atomic E-state index is 12.3. The van der Waals surface area contributed by atoms with Gasteiger partial charge < -0.3 is 10.2 Å². The molecule has 1 N–H and O–H groups in total. The quantitative estimate of drug-likeness (QED) is 0.826. The fourth-order valence-electron chi connectivity index (χ4n) is 3.08. The number of rotatable bonds is 1. The third-order valence-corrected chi connectivity index (χ3v) is 4.87. The second-order valence-corrected chi connectivity index (χ2v) is 6.18. The molecule has 3 heterocycles. The highest BCUT2D eigenvalue weighted by atomic mass is 32.1. The van der Waals surface area contributed by atoms with E-state index in [9.17, 15) is 4.79 Å². The number of nitrogens with zero attached hydrogens (tertiary/aromatic N) is 1. The number of carbonyl (C=O) groups is 1. The van der Waals surface area contributed by atoms with Crippen molar-refractivity contribution >= 4 is 17.2 Å². The van der Waals surface area contributed by atoms with Crippen molar-refractivity contribution < 1.29 is 4.79 Å². The second kappa shape index (κ2) is 4.42. The first-order chi connectivity index (χ1) is 8.29. The van der Waals surface area contributed by atoms with Crippen molar-refractivity contribution in [1.82, 2.24) is 10.2 Å². The molecule has 1 amide bonds. The Labute approximate surface area is 106 Å². The molecule has 0 saturated carbocycles. The van der Waals surface area contributed by atoms with Crippen LogP contribution in [-0.2, 0) is 0 Å². The van der Waals surface area contributed by atoms with Crippen LogP contribution in [0.3, 0.4) is 0 Å². The Hall–Kier alpha value is -0.870. The van der Waals surface area contributed by atoms with Crippen LogP contribution in [0.1, 0.15) is 28.9 Å². The summed E-state index contributed by atoms with van der Waals surface area (Å²) in [6.45, 7) is 4.07. The lowest BCUT2D eigenvalue weighted by Crippen LogP contribution is -2.46. The largest absolute Gasteiger partial charge is 0.337 e. The molecule has 92 valence electrons. The lowest BCUT2D eigenvalue weighted by molar-refractivity contribution is 0.0558. The summed E-state index contributed by atoms with van der Waals surface area (Å²) in [5.41, 5.74) is 0.366. The normalized spacial score (nSPS) is 28.8. The van der Waals surface area contributed by atoms with Crippen molar-refractivity contribution in [3.8, 4) is 0 Å². The summed E-state index contributed by atoms with van der Waals surface area (Å²) in [6.07, 6.45) is 3.65. The van der Waals surface area contributed by atoms with E-state index in [4.69, 9.17) is 0 Å². The van der Waals surface area contributed by atoms with Crippen molar-refractivity contribution in [2.75, 3.05) is 26.2 Å². The van der Waals surface area contributed by atoms with Crippen molar-refractivity contribution in [2.45, 2.75) is 19.3 Å². The van der Waals surface area contributed by atoms with E-state index < -0.39 is 0 Å². The Kier molecular flexibility index (Phi) is 2.92. The van der Waals surface area contributed by atoms with E-state index in [0.29, 0.717) is 5.41 Å². The number of carbonyl (C=O) groups excluding carboxylic acids is 1. The first-order valence-corrected chi connectivity index (χ1v) is 7.21. The Bertz CT molecular complexity index is 396. The molecule has 3 rings (SSSR count). The van der Waals surface area contributed by atoms with Crippen LogP contribution in [0.25, 0.3) is 0 Å². The first-order valence-electron chi connectivity index (χ1n) is 6.33. The Morgan fingerprint density at radius 2 is 2.41 bits per heavy atom. The van der Waals surface area contributed by atoms with Gasteiger partial charge in [0, 0.05) is 25.0 Å².